The Labute approximate surface area is 188 Å². The third kappa shape index (κ3) is 3.46. The van der Waals surface area contributed by atoms with E-state index in [1.807, 2.05) is 32.0 Å². The summed E-state index contributed by atoms with van der Waals surface area (Å²) in [5, 5.41) is 10.6. The predicted octanol–water partition coefficient (Wildman–Crippen LogP) is 6.21. The summed E-state index contributed by atoms with van der Waals surface area (Å²) in [4.78, 5) is 13.7. The molecule has 170 valence electrons. The van der Waals surface area contributed by atoms with Crippen LogP contribution in [0.15, 0.2) is 18.2 Å². The molecule has 4 aliphatic carbocycles. The minimum Gasteiger partial charge on any atom is -0.497 e. The monoisotopic (exact) mass is 424 g/mol. The first kappa shape index (κ1) is 21.5. The van der Waals surface area contributed by atoms with Crippen molar-refractivity contribution >= 4 is 5.78 Å². The van der Waals surface area contributed by atoms with E-state index >= 15 is 0 Å². The van der Waals surface area contributed by atoms with E-state index in [1.165, 1.54) is 38.5 Å². The molecule has 5 rings (SSSR count). The number of methoxy groups -OCH3 is 1. The van der Waals surface area contributed by atoms with Gasteiger partial charge in [-0.3, -0.25) is 4.79 Å². The number of hydrogen-bond acceptors (Lipinski definition) is 3. The lowest BCUT2D eigenvalue weighted by Gasteiger charge is -2.56. The fourth-order valence-corrected chi connectivity index (χ4v) is 8.74. The van der Waals surface area contributed by atoms with Crippen molar-refractivity contribution in [1.29, 1.82) is 0 Å². The number of hydrogen-bond donors (Lipinski definition) is 1. The van der Waals surface area contributed by atoms with Crippen LogP contribution in [-0.2, 0) is 0 Å². The molecule has 8 atom stereocenters. The van der Waals surface area contributed by atoms with E-state index in [9.17, 15) is 9.90 Å². The molecule has 1 N–H and O–H groups in total. The number of benzene rings is 1. The van der Waals surface area contributed by atoms with Crippen molar-refractivity contribution in [3.8, 4) is 5.75 Å². The number of ketones is 1. The van der Waals surface area contributed by atoms with Crippen molar-refractivity contribution in [2.75, 3.05) is 7.11 Å². The molecule has 1 aromatic carbocycles. The Bertz CT molecular complexity index is 858. The van der Waals surface area contributed by atoms with Crippen LogP contribution in [0, 0.1) is 47.8 Å². The van der Waals surface area contributed by atoms with E-state index in [2.05, 4.69) is 6.92 Å². The van der Waals surface area contributed by atoms with Crippen LogP contribution >= 0.6 is 0 Å². The number of aryl methyl sites for hydroxylation is 1. The zero-order valence-corrected chi connectivity index (χ0v) is 19.8. The Morgan fingerprint density at radius 1 is 1.00 bits per heavy atom. The van der Waals surface area contributed by atoms with Crippen LogP contribution in [0.3, 0.4) is 0 Å². The minimum absolute atomic E-state index is 0.150. The molecule has 0 spiro atoms. The third-order valence-corrected chi connectivity index (χ3v) is 10.3. The van der Waals surface area contributed by atoms with Crippen molar-refractivity contribution in [3.05, 3.63) is 29.3 Å². The summed E-state index contributed by atoms with van der Waals surface area (Å²) in [6, 6.07) is 5.92. The van der Waals surface area contributed by atoms with Gasteiger partial charge in [0.05, 0.1) is 12.7 Å². The summed E-state index contributed by atoms with van der Waals surface area (Å²) in [7, 11) is 1.68. The topological polar surface area (TPSA) is 46.5 Å². The van der Waals surface area contributed by atoms with Crippen molar-refractivity contribution in [2.24, 2.45) is 40.9 Å². The van der Waals surface area contributed by atoms with Crippen molar-refractivity contribution in [1.82, 2.24) is 0 Å². The zero-order chi connectivity index (χ0) is 22.0. The lowest BCUT2D eigenvalue weighted by molar-refractivity contribution is -0.0976. The van der Waals surface area contributed by atoms with Crippen molar-refractivity contribution < 1.29 is 14.6 Å². The number of Topliss-reactive ketones (excluding diaryl/α,β-unsaturated/α-hetero) is 1. The van der Waals surface area contributed by atoms with Gasteiger partial charge in [-0.1, -0.05) is 6.92 Å². The minimum atomic E-state index is -0.446. The number of ether oxygens (including phenoxy) is 1. The van der Waals surface area contributed by atoms with Gasteiger partial charge in [-0.15, -0.1) is 0 Å². The molecular weight excluding hydrogens is 384 g/mol. The molecule has 0 heterocycles. The van der Waals surface area contributed by atoms with E-state index in [-0.39, 0.29) is 11.3 Å². The highest BCUT2D eigenvalue weighted by Crippen LogP contribution is 2.65. The Morgan fingerprint density at radius 3 is 2.52 bits per heavy atom. The van der Waals surface area contributed by atoms with Crippen LogP contribution in [0.25, 0.3) is 0 Å². The second-order valence-corrected chi connectivity index (χ2v) is 11.9. The summed E-state index contributed by atoms with van der Waals surface area (Å²) in [5.74, 6) is 5.19. The summed E-state index contributed by atoms with van der Waals surface area (Å²) in [5.41, 5.74) is 1.64. The molecular formula is C28H40O3. The highest BCUT2D eigenvalue weighted by Gasteiger charge is 2.58. The van der Waals surface area contributed by atoms with Crippen LogP contribution in [-0.4, -0.2) is 23.6 Å². The summed E-state index contributed by atoms with van der Waals surface area (Å²) < 4.78 is 5.35. The third-order valence-electron chi connectivity index (χ3n) is 10.3. The van der Waals surface area contributed by atoms with Crippen molar-refractivity contribution in [2.45, 2.75) is 84.2 Å². The van der Waals surface area contributed by atoms with Gasteiger partial charge < -0.3 is 9.84 Å². The second kappa shape index (κ2) is 7.61. The normalized spacial score (nSPS) is 44.2. The highest BCUT2D eigenvalue weighted by molar-refractivity contribution is 6.00. The van der Waals surface area contributed by atoms with Gasteiger partial charge in [-0.25, -0.2) is 0 Å². The average Bonchev–Trinajstić information content (AvgIpc) is 3.09. The highest BCUT2D eigenvalue weighted by atomic mass is 16.5. The van der Waals surface area contributed by atoms with Gasteiger partial charge in [-0.2, -0.15) is 0 Å². The Hall–Kier alpha value is -1.35. The van der Waals surface area contributed by atoms with Crippen LogP contribution in [0.2, 0.25) is 0 Å². The molecule has 0 amide bonds. The average molecular weight is 425 g/mol. The molecule has 0 aliphatic heterocycles. The van der Waals surface area contributed by atoms with Crippen LogP contribution in [0.1, 0.15) is 87.6 Å². The molecule has 4 aliphatic rings. The molecule has 0 bridgehead atoms. The molecule has 0 unspecified atom stereocenters. The zero-order valence-electron chi connectivity index (χ0n) is 19.8. The van der Waals surface area contributed by atoms with Crippen molar-refractivity contribution in [3.63, 3.8) is 0 Å². The van der Waals surface area contributed by atoms with Crippen LogP contribution in [0.4, 0.5) is 0 Å². The number of rotatable bonds is 3. The lowest BCUT2D eigenvalue weighted by Crippen LogP contribution is -2.51. The number of carbonyl (C=O) groups is 1. The van der Waals surface area contributed by atoms with Gasteiger partial charge in [-0.05, 0) is 130 Å². The van der Waals surface area contributed by atoms with E-state index in [0.29, 0.717) is 11.7 Å². The number of aliphatic hydroxyl groups is 1. The van der Waals surface area contributed by atoms with Gasteiger partial charge >= 0.3 is 0 Å². The first-order chi connectivity index (χ1) is 14.7. The maximum absolute atomic E-state index is 13.7. The summed E-state index contributed by atoms with van der Waals surface area (Å²) in [6.45, 7) is 6.53. The first-order valence-corrected chi connectivity index (χ1v) is 12.6. The van der Waals surface area contributed by atoms with Gasteiger partial charge in [0.15, 0.2) is 5.78 Å². The standard InChI is InChI=1S/C28H40O3/c1-17-15-19(31-4)6-8-20(17)26(29)25-10-9-24-23-7-5-18-16-27(2,30)13-11-21(18)22(23)12-14-28(24,25)3/h6,8,15,18,21-25,30H,5,7,9-14,16H2,1-4H3/t18-,21+,22-,23-,24+,25-,27-,28+/m1/s1. The molecule has 0 radical (unpaired) electrons. The molecule has 1 aromatic rings. The van der Waals surface area contributed by atoms with E-state index in [1.54, 1.807) is 7.11 Å². The maximum atomic E-state index is 13.7. The van der Waals surface area contributed by atoms with E-state index < -0.39 is 5.60 Å². The molecule has 4 saturated carbocycles. The quantitative estimate of drug-likeness (QED) is 0.587. The van der Waals surface area contributed by atoms with Gasteiger partial charge in [0.1, 0.15) is 5.75 Å². The molecule has 3 heteroatoms. The Balaban J connectivity index is 1.36. The Kier molecular flexibility index (Phi) is 5.28. The molecule has 4 fully saturated rings. The molecule has 31 heavy (non-hydrogen) atoms. The van der Waals surface area contributed by atoms with Crippen LogP contribution in [0.5, 0.6) is 5.75 Å². The SMILES string of the molecule is COc1ccc(C(=O)[C@H]2CC[C@H]3[C@@H]4CC[C@@H]5C[C@](C)(O)CC[C@@H]5[C@H]4CC[C@]23C)c(C)c1. The number of fused-ring (bicyclic) bond motifs is 5. The number of carbonyl (C=O) groups excluding carboxylic acids is 1. The van der Waals surface area contributed by atoms with Gasteiger partial charge in [0, 0.05) is 11.5 Å². The first-order valence-electron chi connectivity index (χ1n) is 12.6. The predicted molar refractivity (Wildman–Crippen MR) is 123 cm³/mol. The molecule has 3 nitrogen and oxygen atoms in total. The van der Waals surface area contributed by atoms with E-state index in [0.717, 1.165) is 59.8 Å². The van der Waals surface area contributed by atoms with E-state index in [4.69, 9.17) is 4.74 Å². The second-order valence-electron chi connectivity index (χ2n) is 11.9. The smallest absolute Gasteiger partial charge is 0.166 e. The molecule has 0 saturated heterocycles. The molecule has 0 aromatic heterocycles. The fraction of sp³-hybridized carbons (Fsp3) is 0.750. The Morgan fingerprint density at radius 2 is 1.77 bits per heavy atom. The van der Waals surface area contributed by atoms with Gasteiger partial charge in [0.2, 0.25) is 0 Å². The fourth-order valence-electron chi connectivity index (χ4n) is 8.74. The largest absolute Gasteiger partial charge is 0.497 e. The lowest BCUT2D eigenvalue weighted by atomic mass is 9.49. The van der Waals surface area contributed by atoms with Crippen LogP contribution < -0.4 is 4.74 Å². The summed E-state index contributed by atoms with van der Waals surface area (Å²) in [6.07, 6.45) is 10.5. The maximum Gasteiger partial charge on any atom is 0.166 e. The van der Waals surface area contributed by atoms with Gasteiger partial charge in [0.25, 0.3) is 0 Å². The summed E-state index contributed by atoms with van der Waals surface area (Å²) >= 11 is 0.